The molecule has 0 aliphatic heterocycles. The Bertz CT molecular complexity index is 1490. The van der Waals surface area contributed by atoms with E-state index in [-0.39, 0.29) is 24.2 Å². The first-order valence-electron chi connectivity index (χ1n) is 14.2. The number of ketones is 1. The fourth-order valence-electron chi connectivity index (χ4n) is 5.16. The fourth-order valence-corrected chi connectivity index (χ4v) is 5.16. The molecule has 0 radical (unpaired) electrons. The van der Waals surface area contributed by atoms with Gasteiger partial charge in [0.15, 0.2) is 5.69 Å². The molecule has 0 unspecified atom stereocenters. The van der Waals surface area contributed by atoms with Gasteiger partial charge in [0.1, 0.15) is 35.3 Å². The number of aryl methyl sites for hydroxylation is 1. The van der Waals surface area contributed by atoms with Gasteiger partial charge in [0.2, 0.25) is 5.91 Å². The van der Waals surface area contributed by atoms with Crippen molar-refractivity contribution in [2.75, 3.05) is 21.3 Å². The first kappa shape index (κ1) is 29.7. The second-order valence-corrected chi connectivity index (χ2v) is 10.2. The summed E-state index contributed by atoms with van der Waals surface area (Å²) in [6.45, 7) is 3.88. The molecule has 2 aromatic carbocycles. The number of ether oxygens (including phenoxy) is 3. The molecule has 0 bridgehead atoms. The molecule has 2 heterocycles. The standard InChI is InChI=1S/C32H40N4O5/c1-6-21(37)10-8-7-9-11-28(32-33-19-29(36-32)24-14-12-23(40-4)17-30(24)41-5)35-31(38)18-25-20(2)34-27-15-13-22(39-3)16-26(25)27/h12-17,19,28,34H,6-11,18H2,1-5H3,(H,33,36)(H,35,38)/p+1/t28-/m0/s1. The monoisotopic (exact) mass is 561 g/mol. The van der Waals surface area contributed by atoms with Crippen LogP contribution >= 0.6 is 0 Å². The number of fused-ring (bicyclic) bond motifs is 1. The number of H-pyrrole nitrogens is 3. The molecule has 0 spiro atoms. The molecule has 4 rings (SSSR count). The summed E-state index contributed by atoms with van der Waals surface area (Å²) in [6, 6.07) is 11.2. The van der Waals surface area contributed by atoms with Gasteiger partial charge in [0.25, 0.3) is 5.82 Å². The zero-order valence-corrected chi connectivity index (χ0v) is 24.6. The van der Waals surface area contributed by atoms with Crippen molar-refractivity contribution < 1.29 is 28.8 Å². The van der Waals surface area contributed by atoms with Crippen LogP contribution in [0.4, 0.5) is 0 Å². The lowest BCUT2D eigenvalue weighted by Crippen LogP contribution is -2.33. The minimum Gasteiger partial charge on any atom is -0.497 e. The van der Waals surface area contributed by atoms with Crippen molar-refractivity contribution in [2.45, 2.75) is 64.8 Å². The number of rotatable bonds is 15. The van der Waals surface area contributed by atoms with Crippen LogP contribution in [0.25, 0.3) is 22.2 Å². The van der Waals surface area contributed by atoms with Crippen molar-refractivity contribution in [3.05, 3.63) is 59.7 Å². The molecular formula is C32H41N4O5+. The largest absolute Gasteiger partial charge is 0.497 e. The number of Topliss-reactive ketones (excluding diaryl/α,β-unsaturated/α-hetero) is 1. The Kier molecular flexibility index (Phi) is 10.1. The van der Waals surface area contributed by atoms with Gasteiger partial charge < -0.3 is 24.5 Å². The van der Waals surface area contributed by atoms with Gasteiger partial charge in [0.05, 0.1) is 33.3 Å². The van der Waals surface area contributed by atoms with E-state index < -0.39 is 0 Å². The fraction of sp³-hybridized carbons (Fsp3) is 0.406. The SMILES string of the molecule is CCC(=O)CCCCC[C@H](NC(=O)Cc1c(C)[nH]c2ccc(OC)cc12)c1[nH]c(-c2ccc(OC)cc2OC)c[nH+]1. The van der Waals surface area contributed by atoms with E-state index in [2.05, 4.69) is 20.3 Å². The number of nitrogens with one attached hydrogen (secondary N) is 4. The van der Waals surface area contributed by atoms with Gasteiger partial charge >= 0.3 is 0 Å². The van der Waals surface area contributed by atoms with Crippen LogP contribution in [0.15, 0.2) is 42.6 Å². The smallest absolute Gasteiger partial charge is 0.275 e. The number of aromatic amines is 3. The lowest BCUT2D eigenvalue weighted by molar-refractivity contribution is -0.391. The summed E-state index contributed by atoms with van der Waals surface area (Å²) in [6.07, 6.45) is 6.67. The number of carbonyl (C=O) groups excluding carboxylic acids is 2. The minimum absolute atomic E-state index is 0.0745. The van der Waals surface area contributed by atoms with Crippen molar-refractivity contribution in [3.8, 4) is 28.5 Å². The summed E-state index contributed by atoms with van der Waals surface area (Å²) in [4.78, 5) is 35.3. The van der Waals surface area contributed by atoms with Gasteiger partial charge in [0, 0.05) is 35.5 Å². The molecule has 9 nitrogen and oxygen atoms in total. The van der Waals surface area contributed by atoms with E-state index in [0.717, 1.165) is 70.7 Å². The topological polar surface area (TPSA) is 120 Å². The molecule has 2 aromatic heterocycles. The maximum Gasteiger partial charge on any atom is 0.275 e. The average molecular weight is 562 g/mol. The molecule has 218 valence electrons. The van der Waals surface area contributed by atoms with E-state index >= 15 is 0 Å². The quantitative estimate of drug-likeness (QED) is 0.162. The van der Waals surface area contributed by atoms with E-state index in [1.165, 1.54) is 0 Å². The second-order valence-electron chi connectivity index (χ2n) is 10.2. The van der Waals surface area contributed by atoms with Crippen molar-refractivity contribution in [1.82, 2.24) is 15.3 Å². The number of unbranched alkanes of at least 4 members (excludes halogenated alkanes) is 2. The Labute approximate surface area is 241 Å². The average Bonchev–Trinajstić information content (AvgIpc) is 3.60. The lowest BCUT2D eigenvalue weighted by Gasteiger charge is -2.14. The van der Waals surface area contributed by atoms with Crippen LogP contribution in [0.1, 0.15) is 68.6 Å². The molecule has 4 aromatic rings. The molecular weight excluding hydrogens is 520 g/mol. The third kappa shape index (κ3) is 7.28. The summed E-state index contributed by atoms with van der Waals surface area (Å²) >= 11 is 0. The predicted octanol–water partition coefficient (Wildman–Crippen LogP) is 5.64. The Morgan fingerprint density at radius 1 is 0.951 bits per heavy atom. The normalized spacial score (nSPS) is 11.8. The number of methoxy groups -OCH3 is 3. The molecule has 0 aliphatic rings. The highest BCUT2D eigenvalue weighted by molar-refractivity contribution is 5.91. The molecule has 1 atom stereocenters. The van der Waals surface area contributed by atoms with Crippen LogP contribution in [0, 0.1) is 6.92 Å². The number of benzene rings is 2. The maximum atomic E-state index is 13.4. The summed E-state index contributed by atoms with van der Waals surface area (Å²) in [5.41, 5.74) is 4.60. The third-order valence-corrected chi connectivity index (χ3v) is 7.53. The molecule has 1 amide bonds. The van der Waals surface area contributed by atoms with Crippen molar-refractivity contribution >= 4 is 22.6 Å². The number of aromatic nitrogens is 3. The minimum atomic E-state index is -0.262. The molecule has 4 N–H and O–H groups in total. The highest BCUT2D eigenvalue weighted by Gasteiger charge is 2.25. The zero-order valence-electron chi connectivity index (χ0n) is 24.6. The van der Waals surface area contributed by atoms with Crippen molar-refractivity contribution in [3.63, 3.8) is 0 Å². The molecule has 0 fully saturated rings. The van der Waals surface area contributed by atoms with Crippen LogP contribution in [0.3, 0.4) is 0 Å². The van der Waals surface area contributed by atoms with Crippen LogP contribution in [-0.2, 0) is 16.0 Å². The van der Waals surface area contributed by atoms with E-state index in [9.17, 15) is 9.59 Å². The molecule has 0 saturated carbocycles. The Balaban J connectivity index is 1.54. The maximum absolute atomic E-state index is 13.4. The number of hydrogen-bond donors (Lipinski definition) is 3. The molecule has 41 heavy (non-hydrogen) atoms. The number of hydrogen-bond acceptors (Lipinski definition) is 5. The number of imidazole rings is 1. The summed E-state index contributed by atoms with van der Waals surface area (Å²) < 4.78 is 16.3. The van der Waals surface area contributed by atoms with Crippen LogP contribution in [0.2, 0.25) is 0 Å². The highest BCUT2D eigenvalue weighted by atomic mass is 16.5. The van der Waals surface area contributed by atoms with Gasteiger partial charge in [-0.2, -0.15) is 0 Å². The molecule has 9 heteroatoms. The number of amides is 1. The van der Waals surface area contributed by atoms with Gasteiger partial charge in [-0.15, -0.1) is 0 Å². The Morgan fingerprint density at radius 2 is 1.71 bits per heavy atom. The van der Waals surface area contributed by atoms with Gasteiger partial charge in [-0.3, -0.25) is 9.59 Å². The summed E-state index contributed by atoms with van der Waals surface area (Å²) in [7, 11) is 4.88. The van der Waals surface area contributed by atoms with Gasteiger partial charge in [-0.1, -0.05) is 19.8 Å². The molecule has 0 saturated heterocycles. The van der Waals surface area contributed by atoms with E-state index in [0.29, 0.717) is 24.3 Å². The zero-order chi connectivity index (χ0) is 29.4. The first-order chi connectivity index (χ1) is 19.9. The van der Waals surface area contributed by atoms with Crippen LogP contribution in [-0.4, -0.2) is 43.0 Å². The lowest BCUT2D eigenvalue weighted by atomic mass is 10.0. The van der Waals surface area contributed by atoms with E-state index in [1.807, 2.05) is 56.4 Å². The summed E-state index contributed by atoms with van der Waals surface area (Å²) in [5.74, 6) is 3.15. The van der Waals surface area contributed by atoms with Gasteiger partial charge in [-0.25, -0.2) is 9.97 Å². The van der Waals surface area contributed by atoms with Crippen molar-refractivity contribution in [1.29, 1.82) is 0 Å². The van der Waals surface area contributed by atoms with Crippen LogP contribution in [0.5, 0.6) is 17.2 Å². The number of carbonyl (C=O) groups is 2. The van der Waals surface area contributed by atoms with E-state index in [1.54, 1.807) is 21.3 Å². The summed E-state index contributed by atoms with van der Waals surface area (Å²) in [5, 5.41) is 4.23. The van der Waals surface area contributed by atoms with Crippen LogP contribution < -0.4 is 24.5 Å². The van der Waals surface area contributed by atoms with Crippen molar-refractivity contribution in [2.24, 2.45) is 0 Å². The Hall–Kier alpha value is -4.27. The Morgan fingerprint density at radius 3 is 2.44 bits per heavy atom. The predicted molar refractivity (Wildman–Crippen MR) is 158 cm³/mol. The second kappa shape index (κ2) is 13.9. The third-order valence-electron chi connectivity index (χ3n) is 7.53. The van der Waals surface area contributed by atoms with Gasteiger partial charge in [-0.05, 0) is 55.7 Å². The van der Waals surface area contributed by atoms with E-state index in [4.69, 9.17) is 14.2 Å². The first-order valence-corrected chi connectivity index (χ1v) is 14.2. The highest BCUT2D eigenvalue weighted by Crippen LogP contribution is 2.33. The molecule has 0 aliphatic carbocycles.